The van der Waals surface area contributed by atoms with Gasteiger partial charge in [-0.1, -0.05) is 13.8 Å². The molecule has 6 heteroatoms. The molecule has 2 aromatic heterocycles. The Morgan fingerprint density at radius 2 is 2.00 bits per heavy atom. The predicted octanol–water partition coefficient (Wildman–Crippen LogP) is 2.21. The summed E-state index contributed by atoms with van der Waals surface area (Å²) in [6, 6.07) is 4.27. The summed E-state index contributed by atoms with van der Waals surface area (Å²) in [6.45, 7) is 5.79. The lowest BCUT2D eigenvalue weighted by atomic mass is 9.91. The molecule has 0 aromatic carbocycles. The Hall–Kier alpha value is -2.08. The zero-order valence-electron chi connectivity index (χ0n) is 15.5. The molecule has 3 rings (SSSR count). The third-order valence-electron chi connectivity index (χ3n) is 5.23. The van der Waals surface area contributed by atoms with E-state index in [9.17, 15) is 9.59 Å². The van der Waals surface area contributed by atoms with Gasteiger partial charge in [-0.15, -0.1) is 0 Å². The van der Waals surface area contributed by atoms with Gasteiger partial charge >= 0.3 is 5.69 Å². The molecular weight excluding hydrogens is 318 g/mol. The molecule has 136 valence electrons. The SMILES string of the molecule is CCc1ccc([C@H]2C[C@@H](C)CCN2Cc2cn(C)c(=O)n(C)c2=O)o1. The third kappa shape index (κ3) is 3.49. The highest BCUT2D eigenvalue weighted by atomic mass is 16.3. The van der Waals surface area contributed by atoms with Gasteiger partial charge in [-0.3, -0.25) is 14.3 Å². The van der Waals surface area contributed by atoms with Crippen LogP contribution in [0.4, 0.5) is 0 Å². The second kappa shape index (κ2) is 7.04. The number of nitrogens with zero attached hydrogens (tertiary/aromatic N) is 3. The Labute approximate surface area is 147 Å². The first-order chi connectivity index (χ1) is 11.9. The zero-order valence-corrected chi connectivity index (χ0v) is 15.5. The van der Waals surface area contributed by atoms with Crippen LogP contribution in [0.25, 0.3) is 0 Å². The molecule has 0 radical (unpaired) electrons. The van der Waals surface area contributed by atoms with E-state index in [-0.39, 0.29) is 17.3 Å². The van der Waals surface area contributed by atoms with Crippen molar-refractivity contribution in [1.82, 2.24) is 14.0 Å². The molecule has 25 heavy (non-hydrogen) atoms. The number of aryl methyl sites for hydroxylation is 2. The minimum atomic E-state index is -0.295. The van der Waals surface area contributed by atoms with E-state index in [0.717, 1.165) is 37.3 Å². The van der Waals surface area contributed by atoms with Crippen molar-refractivity contribution in [3.63, 3.8) is 0 Å². The summed E-state index contributed by atoms with van der Waals surface area (Å²) in [6.07, 6.45) is 4.66. The van der Waals surface area contributed by atoms with Gasteiger partial charge in [0.2, 0.25) is 0 Å². The van der Waals surface area contributed by atoms with E-state index < -0.39 is 0 Å². The average Bonchev–Trinajstić information content (AvgIpc) is 3.08. The number of piperidine rings is 1. The number of hydrogen-bond donors (Lipinski definition) is 0. The minimum absolute atomic E-state index is 0.172. The van der Waals surface area contributed by atoms with Gasteiger partial charge in [0.25, 0.3) is 5.56 Å². The number of rotatable bonds is 4. The van der Waals surface area contributed by atoms with Crippen LogP contribution in [0.1, 0.15) is 49.8 Å². The monoisotopic (exact) mass is 345 g/mol. The number of aromatic nitrogens is 2. The van der Waals surface area contributed by atoms with Crippen molar-refractivity contribution in [2.24, 2.45) is 20.0 Å². The largest absolute Gasteiger partial charge is 0.464 e. The fourth-order valence-electron chi connectivity index (χ4n) is 3.65. The summed E-state index contributed by atoms with van der Waals surface area (Å²) >= 11 is 0. The molecule has 0 bridgehead atoms. The molecule has 3 heterocycles. The Bertz CT molecular complexity index is 862. The first-order valence-corrected chi connectivity index (χ1v) is 8.98. The number of furan rings is 1. The van der Waals surface area contributed by atoms with Crippen LogP contribution in [-0.2, 0) is 27.1 Å². The minimum Gasteiger partial charge on any atom is -0.464 e. The summed E-state index contributed by atoms with van der Waals surface area (Å²) in [4.78, 5) is 26.7. The maximum atomic E-state index is 12.5. The van der Waals surface area contributed by atoms with Crippen molar-refractivity contribution in [1.29, 1.82) is 0 Å². The van der Waals surface area contributed by atoms with E-state index in [1.807, 2.05) is 6.07 Å². The Balaban J connectivity index is 1.92. The average molecular weight is 345 g/mol. The second-order valence-corrected chi connectivity index (χ2v) is 7.19. The van der Waals surface area contributed by atoms with Gasteiger partial charge in [-0.2, -0.15) is 0 Å². The van der Waals surface area contributed by atoms with Gasteiger partial charge in [0.15, 0.2) is 0 Å². The maximum absolute atomic E-state index is 12.5. The normalized spacial score (nSPS) is 21.6. The van der Waals surface area contributed by atoms with Crippen LogP contribution >= 0.6 is 0 Å². The van der Waals surface area contributed by atoms with Gasteiger partial charge < -0.3 is 8.98 Å². The quantitative estimate of drug-likeness (QED) is 0.852. The van der Waals surface area contributed by atoms with Crippen molar-refractivity contribution < 1.29 is 4.42 Å². The molecule has 0 aliphatic carbocycles. The molecule has 2 aromatic rings. The van der Waals surface area contributed by atoms with E-state index in [4.69, 9.17) is 4.42 Å². The molecule has 1 saturated heterocycles. The molecule has 1 aliphatic heterocycles. The lowest BCUT2D eigenvalue weighted by Crippen LogP contribution is -2.42. The molecule has 1 fully saturated rings. The van der Waals surface area contributed by atoms with Gasteiger partial charge in [-0.05, 0) is 37.4 Å². The number of hydrogen-bond acceptors (Lipinski definition) is 4. The molecule has 0 spiro atoms. The molecule has 0 amide bonds. The highest BCUT2D eigenvalue weighted by Gasteiger charge is 2.30. The lowest BCUT2D eigenvalue weighted by molar-refractivity contribution is 0.0927. The van der Waals surface area contributed by atoms with Crippen molar-refractivity contribution in [2.75, 3.05) is 6.54 Å². The summed E-state index contributed by atoms with van der Waals surface area (Å²) in [5, 5.41) is 0. The topological polar surface area (TPSA) is 60.4 Å². The van der Waals surface area contributed by atoms with E-state index >= 15 is 0 Å². The van der Waals surface area contributed by atoms with Gasteiger partial charge in [-0.25, -0.2) is 4.79 Å². The number of likely N-dealkylation sites (tertiary alicyclic amines) is 1. The maximum Gasteiger partial charge on any atom is 0.330 e. The van der Waals surface area contributed by atoms with Crippen LogP contribution < -0.4 is 11.2 Å². The molecule has 0 saturated carbocycles. The van der Waals surface area contributed by atoms with E-state index in [2.05, 4.69) is 24.8 Å². The van der Waals surface area contributed by atoms with Crippen molar-refractivity contribution in [2.45, 2.75) is 45.7 Å². The highest BCUT2D eigenvalue weighted by molar-refractivity contribution is 5.13. The van der Waals surface area contributed by atoms with Gasteiger partial charge in [0, 0.05) is 38.8 Å². The summed E-state index contributed by atoms with van der Waals surface area (Å²) in [7, 11) is 3.21. The molecule has 1 aliphatic rings. The van der Waals surface area contributed by atoms with Crippen molar-refractivity contribution in [3.05, 3.63) is 56.3 Å². The zero-order chi connectivity index (χ0) is 18.1. The van der Waals surface area contributed by atoms with Gasteiger partial charge in [0.05, 0.1) is 6.04 Å². The predicted molar refractivity (Wildman–Crippen MR) is 96.6 cm³/mol. The van der Waals surface area contributed by atoms with E-state index in [1.165, 1.54) is 16.2 Å². The van der Waals surface area contributed by atoms with Crippen LogP contribution in [0, 0.1) is 5.92 Å². The molecule has 0 unspecified atom stereocenters. The Morgan fingerprint density at radius 1 is 1.24 bits per heavy atom. The molecular formula is C19H27N3O3. The van der Waals surface area contributed by atoms with Crippen LogP contribution in [0.15, 0.2) is 32.3 Å². The molecule has 6 nitrogen and oxygen atoms in total. The molecule has 2 atom stereocenters. The summed E-state index contributed by atoms with van der Waals surface area (Å²) < 4.78 is 8.66. The van der Waals surface area contributed by atoms with E-state index in [1.54, 1.807) is 13.2 Å². The van der Waals surface area contributed by atoms with E-state index in [0.29, 0.717) is 18.0 Å². The van der Waals surface area contributed by atoms with Crippen LogP contribution in [0.5, 0.6) is 0 Å². The van der Waals surface area contributed by atoms with Crippen LogP contribution in [0.3, 0.4) is 0 Å². The first-order valence-electron chi connectivity index (χ1n) is 8.98. The van der Waals surface area contributed by atoms with Crippen LogP contribution in [-0.4, -0.2) is 20.6 Å². The van der Waals surface area contributed by atoms with Crippen molar-refractivity contribution >= 4 is 0 Å². The fraction of sp³-hybridized carbons (Fsp3) is 0.579. The van der Waals surface area contributed by atoms with Crippen molar-refractivity contribution in [3.8, 4) is 0 Å². The highest BCUT2D eigenvalue weighted by Crippen LogP contribution is 2.35. The van der Waals surface area contributed by atoms with Gasteiger partial charge in [0.1, 0.15) is 11.5 Å². The summed E-state index contributed by atoms with van der Waals surface area (Å²) in [5.41, 5.74) is 0.136. The van der Waals surface area contributed by atoms with Crippen LogP contribution in [0.2, 0.25) is 0 Å². The lowest BCUT2D eigenvalue weighted by Gasteiger charge is -2.37. The first kappa shape index (κ1) is 17.7. The summed E-state index contributed by atoms with van der Waals surface area (Å²) in [5.74, 6) is 2.59. The Kier molecular flexibility index (Phi) is 4.99. The molecule has 0 N–H and O–H groups in total. The smallest absolute Gasteiger partial charge is 0.330 e. The second-order valence-electron chi connectivity index (χ2n) is 7.19. The Morgan fingerprint density at radius 3 is 2.68 bits per heavy atom. The fourth-order valence-corrected chi connectivity index (χ4v) is 3.65. The standard InChI is InChI=1S/C19H27N3O3/c1-5-15-6-7-17(25-15)16-10-13(2)8-9-22(16)12-14-11-20(3)19(24)21(4)18(14)23/h6-7,11,13,16H,5,8-10,12H2,1-4H3/t13-,16+/m0/s1. The third-order valence-corrected chi connectivity index (χ3v) is 5.23.